The predicted molar refractivity (Wildman–Crippen MR) is 72.9 cm³/mol. The van der Waals surface area contributed by atoms with Gasteiger partial charge >= 0.3 is 0 Å². The molecule has 2 N–H and O–H groups in total. The van der Waals surface area contributed by atoms with Gasteiger partial charge in [0.1, 0.15) is 5.82 Å². The summed E-state index contributed by atoms with van der Waals surface area (Å²) in [6.45, 7) is 6.49. The fourth-order valence-corrected chi connectivity index (χ4v) is 2.25. The van der Waals surface area contributed by atoms with Crippen LogP contribution in [0.5, 0.6) is 0 Å². The van der Waals surface area contributed by atoms with Crippen LogP contribution in [-0.2, 0) is 0 Å². The van der Waals surface area contributed by atoms with Crippen molar-refractivity contribution in [2.75, 3.05) is 5.73 Å². The molecule has 18 heavy (non-hydrogen) atoms. The van der Waals surface area contributed by atoms with Gasteiger partial charge in [-0.3, -0.25) is 0 Å². The fraction of sp³-hybridized carbons (Fsp3) is 0.500. The maximum atomic E-state index is 13.3. The van der Waals surface area contributed by atoms with Crippen molar-refractivity contribution in [3.8, 4) is 0 Å². The van der Waals surface area contributed by atoms with Crippen molar-refractivity contribution in [2.24, 2.45) is 5.92 Å². The molecule has 0 saturated carbocycles. The van der Waals surface area contributed by atoms with Gasteiger partial charge in [0.15, 0.2) is 0 Å². The summed E-state index contributed by atoms with van der Waals surface area (Å²) in [6.07, 6.45) is 2.14. The summed E-state index contributed by atoms with van der Waals surface area (Å²) in [6, 6.07) is 4.83. The SMILES string of the molecule is CC(C)CCC(C)n1c(N)nc2ccc(F)cc21. The Bertz CT molecular complexity index is 545. The van der Waals surface area contributed by atoms with Crippen LogP contribution in [0.2, 0.25) is 0 Å². The summed E-state index contributed by atoms with van der Waals surface area (Å²) < 4.78 is 15.3. The van der Waals surface area contributed by atoms with Crippen LogP contribution in [0.1, 0.15) is 39.7 Å². The molecular formula is C14H20FN3. The van der Waals surface area contributed by atoms with Crippen molar-refractivity contribution in [2.45, 2.75) is 39.7 Å². The molecule has 1 atom stereocenters. The second kappa shape index (κ2) is 4.96. The number of benzene rings is 1. The summed E-state index contributed by atoms with van der Waals surface area (Å²) >= 11 is 0. The monoisotopic (exact) mass is 249 g/mol. The van der Waals surface area contributed by atoms with Crippen molar-refractivity contribution < 1.29 is 4.39 Å². The smallest absolute Gasteiger partial charge is 0.201 e. The quantitative estimate of drug-likeness (QED) is 0.896. The van der Waals surface area contributed by atoms with Gasteiger partial charge in [0.2, 0.25) is 5.95 Å². The summed E-state index contributed by atoms with van der Waals surface area (Å²) in [7, 11) is 0. The van der Waals surface area contributed by atoms with E-state index in [0.717, 1.165) is 23.9 Å². The van der Waals surface area contributed by atoms with Crippen molar-refractivity contribution in [3.63, 3.8) is 0 Å². The van der Waals surface area contributed by atoms with Gasteiger partial charge in [-0.25, -0.2) is 9.37 Å². The van der Waals surface area contributed by atoms with Crippen molar-refractivity contribution in [1.29, 1.82) is 0 Å². The first-order chi connectivity index (χ1) is 8.49. The Hall–Kier alpha value is -1.58. The van der Waals surface area contributed by atoms with E-state index in [1.807, 2.05) is 4.57 Å². The number of nitrogens with two attached hydrogens (primary N) is 1. The Morgan fingerprint density at radius 2 is 2.00 bits per heavy atom. The highest BCUT2D eigenvalue weighted by molar-refractivity contribution is 5.78. The minimum Gasteiger partial charge on any atom is -0.369 e. The van der Waals surface area contributed by atoms with Gasteiger partial charge in [-0.05, 0) is 43.9 Å². The van der Waals surface area contributed by atoms with E-state index in [1.165, 1.54) is 12.1 Å². The summed E-state index contributed by atoms with van der Waals surface area (Å²) in [5, 5.41) is 0. The molecule has 0 aliphatic rings. The highest BCUT2D eigenvalue weighted by Gasteiger charge is 2.14. The molecule has 4 heteroatoms. The normalized spacial score (nSPS) is 13.4. The van der Waals surface area contributed by atoms with Crippen LogP contribution in [0.3, 0.4) is 0 Å². The van der Waals surface area contributed by atoms with Crippen LogP contribution >= 0.6 is 0 Å². The number of hydrogen-bond donors (Lipinski definition) is 1. The molecule has 2 aromatic rings. The van der Waals surface area contributed by atoms with E-state index < -0.39 is 0 Å². The Labute approximate surface area is 107 Å². The lowest BCUT2D eigenvalue weighted by Gasteiger charge is -2.17. The molecule has 0 saturated heterocycles. The molecule has 2 rings (SSSR count). The molecule has 0 aliphatic carbocycles. The van der Waals surface area contributed by atoms with Crippen molar-refractivity contribution >= 4 is 17.0 Å². The van der Waals surface area contributed by atoms with E-state index in [4.69, 9.17) is 5.73 Å². The molecule has 98 valence electrons. The van der Waals surface area contributed by atoms with Crippen LogP contribution in [0.4, 0.5) is 10.3 Å². The van der Waals surface area contributed by atoms with E-state index >= 15 is 0 Å². The van der Waals surface area contributed by atoms with E-state index in [1.54, 1.807) is 6.07 Å². The average Bonchev–Trinajstić information content (AvgIpc) is 2.61. The Balaban J connectivity index is 2.36. The molecular weight excluding hydrogens is 229 g/mol. The highest BCUT2D eigenvalue weighted by Crippen LogP contribution is 2.26. The lowest BCUT2D eigenvalue weighted by atomic mass is 10.0. The van der Waals surface area contributed by atoms with E-state index in [9.17, 15) is 4.39 Å². The fourth-order valence-electron chi connectivity index (χ4n) is 2.25. The molecule has 1 aromatic heterocycles. The zero-order chi connectivity index (χ0) is 13.3. The first-order valence-corrected chi connectivity index (χ1v) is 6.42. The topological polar surface area (TPSA) is 43.8 Å². The number of imidazole rings is 1. The van der Waals surface area contributed by atoms with Gasteiger partial charge in [-0.2, -0.15) is 0 Å². The summed E-state index contributed by atoms with van der Waals surface area (Å²) in [4.78, 5) is 4.28. The van der Waals surface area contributed by atoms with E-state index in [-0.39, 0.29) is 11.9 Å². The Morgan fingerprint density at radius 1 is 1.28 bits per heavy atom. The largest absolute Gasteiger partial charge is 0.369 e. The van der Waals surface area contributed by atoms with Gasteiger partial charge in [0, 0.05) is 6.04 Å². The van der Waals surface area contributed by atoms with Gasteiger partial charge < -0.3 is 10.3 Å². The molecule has 0 fully saturated rings. The minimum atomic E-state index is -0.250. The number of fused-ring (bicyclic) bond motifs is 1. The van der Waals surface area contributed by atoms with Crippen LogP contribution in [0.25, 0.3) is 11.0 Å². The number of halogens is 1. The number of hydrogen-bond acceptors (Lipinski definition) is 2. The van der Waals surface area contributed by atoms with Gasteiger partial charge in [0.05, 0.1) is 11.0 Å². The van der Waals surface area contributed by atoms with Crippen LogP contribution < -0.4 is 5.73 Å². The number of anilines is 1. The third-order valence-electron chi connectivity index (χ3n) is 3.28. The number of rotatable bonds is 4. The standard InChI is InChI=1S/C14H20FN3/c1-9(2)4-5-10(3)18-13-8-11(15)6-7-12(13)17-14(18)16/h6-10H,4-5H2,1-3H3,(H2,16,17). The predicted octanol–water partition coefficient (Wildman–Crippen LogP) is 3.75. The molecule has 1 heterocycles. The second-order valence-electron chi connectivity index (χ2n) is 5.29. The van der Waals surface area contributed by atoms with Crippen molar-refractivity contribution in [3.05, 3.63) is 24.0 Å². The molecule has 0 aliphatic heterocycles. The van der Waals surface area contributed by atoms with Gasteiger partial charge in [-0.1, -0.05) is 13.8 Å². The number of nitrogen functional groups attached to an aromatic ring is 1. The third kappa shape index (κ3) is 2.47. The Morgan fingerprint density at radius 3 is 2.67 bits per heavy atom. The first-order valence-electron chi connectivity index (χ1n) is 6.42. The molecule has 0 amide bonds. The minimum absolute atomic E-state index is 0.235. The molecule has 0 bridgehead atoms. The van der Waals surface area contributed by atoms with Crippen LogP contribution in [-0.4, -0.2) is 9.55 Å². The van der Waals surface area contributed by atoms with Crippen LogP contribution in [0.15, 0.2) is 18.2 Å². The number of nitrogens with zero attached hydrogens (tertiary/aromatic N) is 2. The molecule has 0 radical (unpaired) electrons. The third-order valence-corrected chi connectivity index (χ3v) is 3.28. The molecule has 1 aromatic carbocycles. The average molecular weight is 249 g/mol. The molecule has 1 unspecified atom stereocenters. The molecule has 3 nitrogen and oxygen atoms in total. The highest BCUT2D eigenvalue weighted by atomic mass is 19.1. The van der Waals surface area contributed by atoms with Crippen LogP contribution in [0, 0.1) is 11.7 Å². The second-order valence-corrected chi connectivity index (χ2v) is 5.29. The van der Waals surface area contributed by atoms with E-state index in [2.05, 4.69) is 25.8 Å². The summed E-state index contributed by atoms with van der Waals surface area (Å²) in [5.41, 5.74) is 7.48. The van der Waals surface area contributed by atoms with Gasteiger partial charge in [0.25, 0.3) is 0 Å². The number of aromatic nitrogens is 2. The maximum absolute atomic E-state index is 13.3. The lowest BCUT2D eigenvalue weighted by molar-refractivity contribution is 0.449. The first kappa shape index (κ1) is 12.9. The zero-order valence-corrected chi connectivity index (χ0v) is 11.2. The van der Waals surface area contributed by atoms with Crippen molar-refractivity contribution in [1.82, 2.24) is 9.55 Å². The van der Waals surface area contributed by atoms with Gasteiger partial charge in [-0.15, -0.1) is 0 Å². The maximum Gasteiger partial charge on any atom is 0.201 e. The lowest BCUT2D eigenvalue weighted by Crippen LogP contribution is -2.09. The van der Waals surface area contributed by atoms with E-state index in [0.29, 0.717) is 11.9 Å². The molecule has 0 spiro atoms. The Kier molecular flexibility index (Phi) is 3.55. The zero-order valence-electron chi connectivity index (χ0n) is 11.2. The summed E-state index contributed by atoms with van der Waals surface area (Å²) in [5.74, 6) is 0.867.